The van der Waals surface area contributed by atoms with Crippen LogP contribution in [0.4, 0.5) is 5.69 Å². The molecule has 1 aromatic carbocycles. The summed E-state index contributed by atoms with van der Waals surface area (Å²) < 4.78 is 28.5. The van der Waals surface area contributed by atoms with Crippen LogP contribution in [-0.2, 0) is 9.84 Å². The van der Waals surface area contributed by atoms with Crippen molar-refractivity contribution in [1.82, 2.24) is 5.32 Å². The lowest BCUT2D eigenvalue weighted by molar-refractivity contribution is 0.0950. The normalized spacial score (nSPS) is 20.6. The summed E-state index contributed by atoms with van der Waals surface area (Å²) in [6, 6.07) is 4.72. The average Bonchev–Trinajstić information content (AvgIpc) is 2.74. The molecular formula is C13H18N2O4S. The fourth-order valence-corrected chi connectivity index (χ4v) is 4.05. The van der Waals surface area contributed by atoms with Gasteiger partial charge in [-0.1, -0.05) is 0 Å². The van der Waals surface area contributed by atoms with E-state index in [2.05, 4.69) is 5.32 Å². The molecule has 0 radical (unpaired) electrons. The molecule has 1 atom stereocenters. The van der Waals surface area contributed by atoms with Gasteiger partial charge in [0.1, 0.15) is 5.75 Å². The molecule has 0 bridgehead atoms. The van der Waals surface area contributed by atoms with E-state index in [4.69, 9.17) is 10.5 Å². The number of benzene rings is 1. The number of anilines is 1. The minimum Gasteiger partial charge on any atom is -0.496 e. The molecule has 0 aliphatic carbocycles. The average molecular weight is 298 g/mol. The second-order valence-electron chi connectivity index (χ2n) is 4.80. The molecule has 0 saturated carbocycles. The van der Waals surface area contributed by atoms with E-state index in [0.717, 1.165) is 0 Å². The Bertz CT molecular complexity index is 613. The summed E-state index contributed by atoms with van der Waals surface area (Å²) in [6.45, 7) is 0.134. The van der Waals surface area contributed by atoms with Gasteiger partial charge in [-0.05, 0) is 25.0 Å². The molecule has 20 heavy (non-hydrogen) atoms. The van der Waals surface area contributed by atoms with Crippen LogP contribution in [0.15, 0.2) is 18.2 Å². The minimum atomic E-state index is -3.05. The molecule has 1 unspecified atom stereocenters. The van der Waals surface area contributed by atoms with Gasteiger partial charge in [-0.25, -0.2) is 8.42 Å². The zero-order chi connectivity index (χ0) is 14.8. The molecule has 0 spiro atoms. The van der Waals surface area contributed by atoms with Crippen LogP contribution in [0.2, 0.25) is 0 Å². The highest BCUT2D eigenvalue weighted by Gasteiger charge is 2.31. The summed E-state index contributed by atoms with van der Waals surface area (Å²) in [6.07, 6.45) is 1.26. The highest BCUT2D eigenvalue weighted by atomic mass is 32.2. The summed E-state index contributed by atoms with van der Waals surface area (Å²) in [7, 11) is -1.60. The fourth-order valence-electron chi connectivity index (χ4n) is 2.28. The molecule has 3 N–H and O–H groups in total. The van der Waals surface area contributed by atoms with Gasteiger partial charge in [-0.3, -0.25) is 4.79 Å². The molecule has 1 aromatic rings. The predicted molar refractivity (Wildman–Crippen MR) is 76.5 cm³/mol. The van der Waals surface area contributed by atoms with Crippen LogP contribution in [0.5, 0.6) is 5.75 Å². The third-order valence-corrected chi connectivity index (χ3v) is 5.70. The second kappa shape index (κ2) is 5.70. The van der Waals surface area contributed by atoms with Crippen LogP contribution in [0.3, 0.4) is 0 Å². The zero-order valence-electron chi connectivity index (χ0n) is 11.3. The number of rotatable bonds is 4. The van der Waals surface area contributed by atoms with Crippen LogP contribution in [-0.4, -0.2) is 39.0 Å². The van der Waals surface area contributed by atoms with E-state index in [0.29, 0.717) is 29.8 Å². The fraction of sp³-hybridized carbons (Fsp3) is 0.462. The number of nitrogen functional groups attached to an aromatic ring is 1. The highest BCUT2D eigenvalue weighted by Crippen LogP contribution is 2.22. The van der Waals surface area contributed by atoms with E-state index in [-0.39, 0.29) is 18.2 Å². The summed E-state index contributed by atoms with van der Waals surface area (Å²) in [5.74, 6) is 0.222. The first-order chi connectivity index (χ1) is 9.44. The molecular weight excluding hydrogens is 280 g/mol. The maximum absolute atomic E-state index is 12.1. The number of sulfone groups is 1. The van der Waals surface area contributed by atoms with Gasteiger partial charge in [0, 0.05) is 18.3 Å². The Balaban J connectivity index is 2.06. The Labute approximate surface area is 118 Å². The number of methoxy groups -OCH3 is 1. The molecule has 1 aliphatic heterocycles. The third kappa shape index (κ3) is 3.04. The lowest BCUT2D eigenvalue weighted by Gasteiger charge is -2.13. The van der Waals surface area contributed by atoms with Crippen LogP contribution < -0.4 is 15.8 Å². The van der Waals surface area contributed by atoms with Crippen LogP contribution in [0.25, 0.3) is 0 Å². The van der Waals surface area contributed by atoms with Crippen molar-refractivity contribution in [3.63, 3.8) is 0 Å². The molecule has 0 aromatic heterocycles. The van der Waals surface area contributed by atoms with Crippen LogP contribution in [0, 0.1) is 0 Å². The number of carbonyl (C=O) groups excluding carboxylic acids is 1. The number of ether oxygens (including phenoxy) is 1. The van der Waals surface area contributed by atoms with Crippen molar-refractivity contribution >= 4 is 21.4 Å². The third-order valence-electron chi connectivity index (χ3n) is 3.42. The Morgan fingerprint density at radius 3 is 2.85 bits per heavy atom. The summed E-state index contributed by atoms with van der Waals surface area (Å²) in [5, 5.41) is 2.17. The van der Waals surface area contributed by atoms with E-state index in [1.54, 1.807) is 18.2 Å². The van der Waals surface area contributed by atoms with Gasteiger partial charge in [-0.15, -0.1) is 0 Å². The number of nitrogens with one attached hydrogen (secondary N) is 1. The van der Waals surface area contributed by atoms with Crippen molar-refractivity contribution in [2.45, 2.75) is 18.1 Å². The van der Waals surface area contributed by atoms with Crippen LogP contribution in [0.1, 0.15) is 23.2 Å². The molecule has 1 fully saturated rings. The lowest BCUT2D eigenvalue weighted by Crippen LogP contribution is -2.34. The Morgan fingerprint density at radius 1 is 1.50 bits per heavy atom. The number of nitrogens with two attached hydrogens (primary N) is 1. The van der Waals surface area contributed by atoms with Gasteiger partial charge in [0.15, 0.2) is 9.84 Å². The zero-order valence-corrected chi connectivity index (χ0v) is 12.1. The van der Waals surface area contributed by atoms with Crippen LogP contribution >= 0.6 is 0 Å². The number of amides is 1. The summed E-state index contributed by atoms with van der Waals surface area (Å²) in [4.78, 5) is 12.1. The van der Waals surface area contributed by atoms with Crippen molar-refractivity contribution in [1.29, 1.82) is 0 Å². The van der Waals surface area contributed by atoms with E-state index >= 15 is 0 Å². The minimum absolute atomic E-state index is 0.134. The van der Waals surface area contributed by atoms with Gasteiger partial charge < -0.3 is 15.8 Å². The molecule has 1 aliphatic rings. The topological polar surface area (TPSA) is 98.5 Å². The second-order valence-corrected chi connectivity index (χ2v) is 7.20. The van der Waals surface area contributed by atoms with E-state index in [1.165, 1.54) is 7.11 Å². The first-order valence-corrected chi connectivity index (χ1v) is 8.09. The summed E-state index contributed by atoms with van der Waals surface area (Å²) >= 11 is 0. The van der Waals surface area contributed by atoms with Crippen molar-refractivity contribution in [2.75, 3.05) is 25.1 Å². The van der Waals surface area contributed by atoms with E-state index < -0.39 is 15.1 Å². The largest absolute Gasteiger partial charge is 0.496 e. The monoisotopic (exact) mass is 298 g/mol. The molecule has 1 heterocycles. The van der Waals surface area contributed by atoms with E-state index in [1.807, 2.05) is 0 Å². The van der Waals surface area contributed by atoms with Crippen molar-refractivity contribution in [2.24, 2.45) is 0 Å². The van der Waals surface area contributed by atoms with Gasteiger partial charge >= 0.3 is 0 Å². The quantitative estimate of drug-likeness (QED) is 0.792. The Morgan fingerprint density at radius 2 is 2.25 bits per heavy atom. The maximum atomic E-state index is 12.1. The maximum Gasteiger partial charge on any atom is 0.255 e. The van der Waals surface area contributed by atoms with Crippen molar-refractivity contribution < 1.29 is 17.9 Å². The van der Waals surface area contributed by atoms with Crippen molar-refractivity contribution in [3.05, 3.63) is 23.8 Å². The molecule has 1 saturated heterocycles. The smallest absolute Gasteiger partial charge is 0.255 e. The number of carbonyl (C=O) groups is 1. The first-order valence-electron chi connectivity index (χ1n) is 6.37. The molecule has 2 rings (SSSR count). The highest BCUT2D eigenvalue weighted by molar-refractivity contribution is 7.92. The van der Waals surface area contributed by atoms with Crippen molar-refractivity contribution in [3.8, 4) is 5.75 Å². The number of hydrogen-bond acceptors (Lipinski definition) is 5. The molecule has 1 amide bonds. The lowest BCUT2D eigenvalue weighted by atomic mass is 10.1. The first kappa shape index (κ1) is 14.6. The van der Waals surface area contributed by atoms with E-state index in [9.17, 15) is 13.2 Å². The molecule has 6 nitrogen and oxygen atoms in total. The Kier molecular flexibility index (Phi) is 4.17. The standard InChI is InChI=1S/C13H18N2O4S/c1-19-12-7-9(14)4-5-11(12)13(16)15-8-10-3-2-6-20(10,17)18/h4-5,7,10H,2-3,6,8,14H2,1H3,(H,15,16). The molecule has 7 heteroatoms. The molecule has 110 valence electrons. The SMILES string of the molecule is COc1cc(N)ccc1C(=O)NCC1CCCS1(=O)=O. The van der Waals surface area contributed by atoms with Gasteiger partial charge in [0.05, 0.1) is 23.7 Å². The van der Waals surface area contributed by atoms with Gasteiger partial charge in [-0.2, -0.15) is 0 Å². The predicted octanol–water partition coefficient (Wildman–Crippen LogP) is 0.584. The Hall–Kier alpha value is -1.76. The van der Waals surface area contributed by atoms with Gasteiger partial charge in [0.25, 0.3) is 5.91 Å². The summed E-state index contributed by atoms with van der Waals surface area (Å²) in [5.41, 5.74) is 6.46. The van der Waals surface area contributed by atoms with Gasteiger partial charge in [0.2, 0.25) is 0 Å². The number of hydrogen-bond donors (Lipinski definition) is 2.